The first-order chi connectivity index (χ1) is 12.6. The van der Waals surface area contributed by atoms with Crippen LogP contribution in [0.4, 0.5) is 19.0 Å². The number of aromatic nitrogens is 1. The van der Waals surface area contributed by atoms with E-state index in [0.29, 0.717) is 0 Å². The van der Waals surface area contributed by atoms with Gasteiger partial charge in [0.25, 0.3) is 5.91 Å². The molecule has 0 unspecified atom stereocenters. The number of halogens is 5. The molecule has 0 aliphatic carbocycles. The number of hydrogen-bond donors (Lipinski definition) is 1. The Morgan fingerprint density at radius 1 is 1.22 bits per heavy atom. The normalized spacial score (nSPS) is 11.4. The molecule has 1 N–H and O–H groups in total. The third-order valence-corrected chi connectivity index (χ3v) is 3.53. The fraction of sp³-hybridized carbons (Fsp3) is 0.118. The number of benzene rings is 1. The molecule has 5 nitrogen and oxygen atoms in total. The average molecular weight is 419 g/mol. The maximum absolute atomic E-state index is 12.6. The summed E-state index contributed by atoms with van der Waals surface area (Å²) < 4.78 is 42.6. The Morgan fingerprint density at radius 3 is 2.63 bits per heavy atom. The number of pyridine rings is 1. The van der Waals surface area contributed by atoms with Gasteiger partial charge in [0.1, 0.15) is 0 Å². The van der Waals surface area contributed by atoms with Gasteiger partial charge in [-0.2, -0.15) is 13.2 Å². The van der Waals surface area contributed by atoms with E-state index in [1.54, 1.807) is 0 Å². The zero-order valence-corrected chi connectivity index (χ0v) is 14.9. The lowest BCUT2D eigenvalue weighted by Gasteiger charge is -2.07. The molecule has 1 aromatic heterocycles. The molecule has 1 amide bonds. The van der Waals surface area contributed by atoms with E-state index in [2.05, 4.69) is 10.3 Å². The van der Waals surface area contributed by atoms with Crippen LogP contribution in [-0.2, 0) is 20.5 Å². The van der Waals surface area contributed by atoms with E-state index in [1.165, 1.54) is 24.4 Å². The molecule has 1 aromatic carbocycles. The molecule has 0 atom stereocenters. The van der Waals surface area contributed by atoms with Crippen molar-refractivity contribution in [1.29, 1.82) is 0 Å². The average Bonchev–Trinajstić information content (AvgIpc) is 2.60. The number of anilines is 1. The maximum atomic E-state index is 12.6. The molecule has 10 heteroatoms. The number of esters is 1. The van der Waals surface area contributed by atoms with E-state index in [9.17, 15) is 22.8 Å². The summed E-state index contributed by atoms with van der Waals surface area (Å²) in [7, 11) is 0. The van der Waals surface area contributed by atoms with Gasteiger partial charge in [0.2, 0.25) is 0 Å². The van der Waals surface area contributed by atoms with Gasteiger partial charge < -0.3 is 10.1 Å². The van der Waals surface area contributed by atoms with Gasteiger partial charge in [0.05, 0.1) is 15.6 Å². The van der Waals surface area contributed by atoms with Gasteiger partial charge in [-0.1, -0.05) is 35.3 Å². The van der Waals surface area contributed by atoms with Crippen molar-refractivity contribution in [2.45, 2.75) is 6.18 Å². The largest absolute Gasteiger partial charge is 0.452 e. The summed E-state index contributed by atoms with van der Waals surface area (Å²) in [5.74, 6) is -1.56. The van der Waals surface area contributed by atoms with Crippen LogP contribution in [0.2, 0.25) is 10.0 Å². The highest BCUT2D eigenvalue weighted by Gasteiger charge is 2.30. The summed E-state index contributed by atoms with van der Waals surface area (Å²) >= 11 is 11.5. The second-order valence-electron chi connectivity index (χ2n) is 5.10. The summed E-state index contributed by atoms with van der Waals surface area (Å²) in [4.78, 5) is 27.1. The highest BCUT2D eigenvalue weighted by Crippen LogP contribution is 2.29. The van der Waals surface area contributed by atoms with Gasteiger partial charge >= 0.3 is 12.1 Å². The van der Waals surface area contributed by atoms with E-state index in [0.717, 1.165) is 24.3 Å². The maximum Gasteiger partial charge on any atom is 0.416 e. The lowest BCUT2D eigenvalue weighted by atomic mass is 10.1. The first-order valence-electron chi connectivity index (χ1n) is 7.28. The molecule has 142 valence electrons. The number of carbonyl (C=O) groups is 2. The van der Waals surface area contributed by atoms with E-state index in [1.807, 2.05) is 0 Å². The van der Waals surface area contributed by atoms with Crippen LogP contribution in [0.1, 0.15) is 11.1 Å². The van der Waals surface area contributed by atoms with Crippen molar-refractivity contribution in [2.24, 2.45) is 0 Å². The SMILES string of the molecule is O=C(COC(=O)/C=C/c1cccc(C(F)(F)F)c1)Nc1ncc(Cl)cc1Cl. The molecule has 0 aliphatic rings. The summed E-state index contributed by atoms with van der Waals surface area (Å²) in [5, 5.41) is 2.71. The first-order valence-corrected chi connectivity index (χ1v) is 8.04. The van der Waals surface area contributed by atoms with Crippen molar-refractivity contribution in [3.63, 3.8) is 0 Å². The van der Waals surface area contributed by atoms with Crippen molar-refractivity contribution in [3.8, 4) is 0 Å². The zero-order valence-electron chi connectivity index (χ0n) is 13.4. The molecule has 0 saturated heterocycles. The lowest BCUT2D eigenvalue weighted by Crippen LogP contribution is -2.20. The van der Waals surface area contributed by atoms with E-state index in [-0.39, 0.29) is 21.4 Å². The van der Waals surface area contributed by atoms with E-state index in [4.69, 9.17) is 27.9 Å². The molecular formula is C17H11Cl2F3N2O3. The van der Waals surface area contributed by atoms with Crippen molar-refractivity contribution in [2.75, 3.05) is 11.9 Å². The van der Waals surface area contributed by atoms with Gasteiger partial charge in [-0.25, -0.2) is 9.78 Å². The monoisotopic (exact) mass is 418 g/mol. The minimum atomic E-state index is -4.49. The lowest BCUT2D eigenvalue weighted by molar-refractivity contribution is -0.142. The molecule has 0 fully saturated rings. The van der Waals surface area contributed by atoms with Crippen LogP contribution in [0.5, 0.6) is 0 Å². The third kappa shape index (κ3) is 6.58. The number of rotatable bonds is 5. The Morgan fingerprint density at radius 2 is 1.96 bits per heavy atom. The number of nitrogens with one attached hydrogen (secondary N) is 1. The summed E-state index contributed by atoms with van der Waals surface area (Å²) in [5.41, 5.74) is -0.687. The first kappa shape index (κ1) is 20.7. The molecule has 0 bridgehead atoms. The van der Waals surface area contributed by atoms with Gasteiger partial charge in [-0.3, -0.25) is 4.79 Å². The summed E-state index contributed by atoms with van der Waals surface area (Å²) in [6.07, 6.45) is -1.16. The Bertz CT molecular complexity index is 886. The van der Waals surface area contributed by atoms with Gasteiger partial charge in [-0.05, 0) is 29.8 Å². The highest BCUT2D eigenvalue weighted by atomic mass is 35.5. The minimum Gasteiger partial charge on any atom is -0.452 e. The van der Waals surface area contributed by atoms with Gasteiger partial charge in [0, 0.05) is 12.3 Å². The van der Waals surface area contributed by atoms with Crippen molar-refractivity contribution >= 4 is 47.0 Å². The zero-order chi connectivity index (χ0) is 20.0. The van der Waals surface area contributed by atoms with Crippen molar-refractivity contribution in [3.05, 3.63) is 63.8 Å². The molecule has 0 saturated carbocycles. The molecule has 1 heterocycles. The molecule has 0 spiro atoms. The molecule has 0 radical (unpaired) electrons. The van der Waals surface area contributed by atoms with Crippen LogP contribution in [0.15, 0.2) is 42.6 Å². The topological polar surface area (TPSA) is 68.3 Å². The molecule has 0 aliphatic heterocycles. The smallest absolute Gasteiger partial charge is 0.416 e. The molecule has 2 aromatic rings. The number of nitrogens with zero attached hydrogens (tertiary/aromatic N) is 1. The fourth-order valence-electron chi connectivity index (χ4n) is 1.84. The predicted octanol–water partition coefficient (Wildman–Crippen LogP) is 4.60. The third-order valence-electron chi connectivity index (χ3n) is 3.04. The van der Waals surface area contributed by atoms with E-state index < -0.39 is 30.2 Å². The molecule has 27 heavy (non-hydrogen) atoms. The number of hydrogen-bond acceptors (Lipinski definition) is 4. The van der Waals surface area contributed by atoms with Crippen LogP contribution in [0, 0.1) is 0 Å². The minimum absolute atomic E-state index is 0.0432. The Kier molecular flexibility index (Phi) is 6.81. The van der Waals surface area contributed by atoms with Crippen LogP contribution < -0.4 is 5.32 Å². The number of amides is 1. The number of carbonyl (C=O) groups excluding carboxylic acids is 2. The number of ether oxygens (including phenoxy) is 1. The summed E-state index contributed by atoms with van der Waals surface area (Å²) in [6, 6.07) is 5.76. The number of alkyl halides is 3. The van der Waals surface area contributed by atoms with Crippen LogP contribution in [0.3, 0.4) is 0 Å². The predicted molar refractivity (Wildman–Crippen MR) is 94.3 cm³/mol. The van der Waals surface area contributed by atoms with E-state index >= 15 is 0 Å². The van der Waals surface area contributed by atoms with Crippen molar-refractivity contribution < 1.29 is 27.5 Å². The van der Waals surface area contributed by atoms with Gasteiger partial charge in [-0.15, -0.1) is 0 Å². The molecule has 2 rings (SSSR count). The highest BCUT2D eigenvalue weighted by molar-refractivity contribution is 6.36. The van der Waals surface area contributed by atoms with Crippen LogP contribution >= 0.6 is 23.2 Å². The standard InChI is InChI=1S/C17H11Cl2F3N2O3/c18-12-7-13(19)16(23-8-12)24-14(25)9-27-15(26)5-4-10-2-1-3-11(6-10)17(20,21)22/h1-8H,9H2,(H,23,24,25)/b5-4+. The fourth-order valence-corrected chi connectivity index (χ4v) is 2.27. The quantitative estimate of drug-likeness (QED) is 0.568. The Labute approximate surface area is 161 Å². The second-order valence-corrected chi connectivity index (χ2v) is 5.94. The second kappa shape index (κ2) is 8.88. The van der Waals surface area contributed by atoms with Crippen molar-refractivity contribution in [1.82, 2.24) is 4.98 Å². The molecular weight excluding hydrogens is 408 g/mol. The van der Waals surface area contributed by atoms with Crippen LogP contribution in [-0.4, -0.2) is 23.5 Å². The van der Waals surface area contributed by atoms with Crippen LogP contribution in [0.25, 0.3) is 6.08 Å². The Hall–Kier alpha value is -2.58. The van der Waals surface area contributed by atoms with Gasteiger partial charge in [0.15, 0.2) is 12.4 Å². The Balaban J connectivity index is 1.88. The summed E-state index contributed by atoms with van der Waals surface area (Å²) in [6.45, 7) is -0.633.